The predicted octanol–water partition coefficient (Wildman–Crippen LogP) is 3.57. The van der Waals surface area contributed by atoms with Crippen LogP contribution in [0.2, 0.25) is 0 Å². The van der Waals surface area contributed by atoms with Crippen molar-refractivity contribution in [3.05, 3.63) is 47.4 Å². The van der Waals surface area contributed by atoms with Gasteiger partial charge in [0.25, 0.3) is 0 Å². The molecule has 0 aliphatic rings. The minimum Gasteiger partial charge on any atom is -0.353 e. The van der Waals surface area contributed by atoms with Crippen LogP contribution in [0.15, 0.2) is 35.2 Å². The molecule has 0 spiro atoms. The first kappa shape index (κ1) is 20.3. The number of hydrogen-bond donors (Lipinski definition) is 1. The molecule has 0 amide bonds. The van der Waals surface area contributed by atoms with Gasteiger partial charge in [-0.15, -0.1) is 0 Å². The molecule has 1 aromatic heterocycles. The monoisotopic (exact) mass is 376 g/mol. The number of rotatable bonds is 6. The molecule has 1 atom stereocenters. The molecule has 142 valence electrons. The lowest BCUT2D eigenvalue weighted by Crippen LogP contribution is -2.24. The molecule has 0 aliphatic heterocycles. The standard InChI is InChI=1S/C19H28N4O2S/c1-12(2)17-11-18(22-19(21-17)13(3)4)23(6)14(5)15-7-9-16(10-8-15)26(20,24)25/h7-14H,1-6H3,(H2,20,24,25)/t14-/m1/s1. The van der Waals surface area contributed by atoms with E-state index in [2.05, 4.69) is 44.5 Å². The Hall–Kier alpha value is -1.99. The number of anilines is 1. The van der Waals surface area contributed by atoms with Crippen molar-refractivity contribution in [2.45, 2.75) is 57.4 Å². The third-order valence-corrected chi connectivity index (χ3v) is 5.42. The van der Waals surface area contributed by atoms with Crippen LogP contribution in [0.3, 0.4) is 0 Å². The van der Waals surface area contributed by atoms with Gasteiger partial charge in [-0.3, -0.25) is 0 Å². The Morgan fingerprint density at radius 3 is 2.00 bits per heavy atom. The first-order valence-electron chi connectivity index (χ1n) is 8.75. The summed E-state index contributed by atoms with van der Waals surface area (Å²) in [6, 6.07) is 8.68. The van der Waals surface area contributed by atoms with Gasteiger partial charge in [-0.25, -0.2) is 23.5 Å². The van der Waals surface area contributed by atoms with Gasteiger partial charge in [-0.05, 0) is 30.5 Å². The van der Waals surface area contributed by atoms with E-state index in [0.29, 0.717) is 5.92 Å². The Balaban J connectivity index is 2.36. The van der Waals surface area contributed by atoms with Crippen LogP contribution in [0.1, 0.15) is 69.6 Å². The highest BCUT2D eigenvalue weighted by Crippen LogP contribution is 2.27. The van der Waals surface area contributed by atoms with Crippen molar-refractivity contribution in [1.29, 1.82) is 0 Å². The van der Waals surface area contributed by atoms with Gasteiger partial charge in [-0.1, -0.05) is 39.8 Å². The number of aromatic nitrogens is 2. The fourth-order valence-corrected chi connectivity index (χ4v) is 3.08. The maximum Gasteiger partial charge on any atom is 0.238 e. The number of benzene rings is 1. The molecule has 0 bridgehead atoms. The second-order valence-corrected chi connectivity index (χ2v) is 8.78. The highest BCUT2D eigenvalue weighted by molar-refractivity contribution is 7.89. The maximum absolute atomic E-state index is 11.4. The van der Waals surface area contributed by atoms with Crippen LogP contribution in [0, 0.1) is 0 Å². The third-order valence-electron chi connectivity index (χ3n) is 4.49. The van der Waals surface area contributed by atoms with Gasteiger partial charge < -0.3 is 4.90 Å². The fraction of sp³-hybridized carbons (Fsp3) is 0.474. The van der Waals surface area contributed by atoms with Gasteiger partial charge in [0, 0.05) is 24.7 Å². The normalized spacial score (nSPS) is 13.3. The van der Waals surface area contributed by atoms with E-state index in [-0.39, 0.29) is 16.9 Å². The van der Waals surface area contributed by atoms with Crippen molar-refractivity contribution in [3.8, 4) is 0 Å². The summed E-state index contributed by atoms with van der Waals surface area (Å²) >= 11 is 0. The number of hydrogen-bond acceptors (Lipinski definition) is 5. The van der Waals surface area contributed by atoms with E-state index in [1.54, 1.807) is 12.1 Å². The Morgan fingerprint density at radius 1 is 0.962 bits per heavy atom. The van der Waals surface area contributed by atoms with E-state index in [0.717, 1.165) is 22.9 Å². The number of sulfonamides is 1. The van der Waals surface area contributed by atoms with Crippen molar-refractivity contribution >= 4 is 15.8 Å². The summed E-state index contributed by atoms with van der Waals surface area (Å²) in [7, 11) is -1.70. The Bertz CT molecular complexity index is 835. The third kappa shape index (κ3) is 4.59. The van der Waals surface area contributed by atoms with Crippen LogP contribution in [-0.4, -0.2) is 25.4 Å². The van der Waals surface area contributed by atoms with E-state index >= 15 is 0 Å². The average Bonchev–Trinajstić information content (AvgIpc) is 2.59. The van der Waals surface area contributed by atoms with Crippen molar-refractivity contribution < 1.29 is 8.42 Å². The van der Waals surface area contributed by atoms with Gasteiger partial charge >= 0.3 is 0 Å². The molecule has 0 saturated carbocycles. The molecule has 7 heteroatoms. The van der Waals surface area contributed by atoms with Gasteiger partial charge in [0.15, 0.2) is 0 Å². The van der Waals surface area contributed by atoms with Crippen LogP contribution in [-0.2, 0) is 10.0 Å². The summed E-state index contributed by atoms with van der Waals surface area (Å²) in [6.07, 6.45) is 0. The summed E-state index contributed by atoms with van der Waals surface area (Å²) in [5.41, 5.74) is 2.00. The molecule has 0 aliphatic carbocycles. The van der Waals surface area contributed by atoms with Gasteiger partial charge in [0.05, 0.1) is 10.9 Å². The molecule has 0 unspecified atom stereocenters. The lowest BCUT2D eigenvalue weighted by molar-refractivity contribution is 0.597. The molecule has 2 rings (SSSR count). The Kier molecular flexibility index (Phi) is 6.03. The molecule has 0 saturated heterocycles. The molecule has 1 aromatic carbocycles. The first-order valence-corrected chi connectivity index (χ1v) is 10.3. The molecule has 1 heterocycles. The maximum atomic E-state index is 11.4. The fourth-order valence-electron chi connectivity index (χ4n) is 2.56. The van der Waals surface area contributed by atoms with Gasteiger partial charge in [-0.2, -0.15) is 0 Å². The second-order valence-electron chi connectivity index (χ2n) is 7.22. The van der Waals surface area contributed by atoms with Crippen LogP contribution in [0.4, 0.5) is 5.82 Å². The van der Waals surface area contributed by atoms with Gasteiger partial charge in [0.1, 0.15) is 11.6 Å². The lowest BCUT2D eigenvalue weighted by atomic mass is 10.1. The number of nitrogens with two attached hydrogens (primary N) is 1. The molecule has 0 radical (unpaired) electrons. The average molecular weight is 377 g/mol. The molecular weight excluding hydrogens is 348 g/mol. The topological polar surface area (TPSA) is 89.2 Å². The smallest absolute Gasteiger partial charge is 0.238 e. The largest absolute Gasteiger partial charge is 0.353 e. The van der Waals surface area contributed by atoms with Crippen LogP contribution in [0.5, 0.6) is 0 Å². The summed E-state index contributed by atoms with van der Waals surface area (Å²) in [4.78, 5) is 11.6. The van der Waals surface area contributed by atoms with E-state index in [1.807, 2.05) is 13.1 Å². The Labute approximate surface area is 156 Å². The highest BCUT2D eigenvalue weighted by atomic mass is 32.2. The zero-order chi connectivity index (χ0) is 19.6. The summed E-state index contributed by atoms with van der Waals surface area (Å²) in [5, 5.41) is 5.17. The van der Waals surface area contributed by atoms with Crippen LogP contribution in [0.25, 0.3) is 0 Å². The van der Waals surface area contributed by atoms with Crippen LogP contribution < -0.4 is 10.0 Å². The summed E-state index contributed by atoms with van der Waals surface area (Å²) in [6.45, 7) is 10.5. The van der Waals surface area contributed by atoms with Gasteiger partial charge in [0.2, 0.25) is 10.0 Å². The second kappa shape index (κ2) is 7.72. The predicted molar refractivity (Wildman–Crippen MR) is 105 cm³/mol. The van der Waals surface area contributed by atoms with E-state index in [9.17, 15) is 8.42 Å². The van der Waals surface area contributed by atoms with E-state index in [1.165, 1.54) is 12.1 Å². The summed E-state index contributed by atoms with van der Waals surface area (Å²) in [5.74, 6) is 2.24. The zero-order valence-electron chi connectivity index (χ0n) is 16.3. The molecule has 6 nitrogen and oxygen atoms in total. The zero-order valence-corrected chi connectivity index (χ0v) is 17.1. The van der Waals surface area contributed by atoms with Crippen molar-refractivity contribution in [3.63, 3.8) is 0 Å². The number of nitrogens with zero attached hydrogens (tertiary/aromatic N) is 3. The SMILES string of the molecule is CC(C)c1cc(N(C)[C@H](C)c2ccc(S(N)(=O)=O)cc2)nc(C(C)C)n1. The van der Waals surface area contributed by atoms with Crippen molar-refractivity contribution in [2.24, 2.45) is 5.14 Å². The molecule has 2 aromatic rings. The van der Waals surface area contributed by atoms with Crippen LogP contribution >= 0.6 is 0 Å². The minimum atomic E-state index is -3.68. The van der Waals surface area contributed by atoms with Crippen molar-refractivity contribution in [1.82, 2.24) is 9.97 Å². The van der Waals surface area contributed by atoms with E-state index < -0.39 is 10.0 Å². The highest BCUT2D eigenvalue weighted by Gasteiger charge is 2.18. The summed E-state index contributed by atoms with van der Waals surface area (Å²) < 4.78 is 22.8. The van der Waals surface area contributed by atoms with E-state index in [4.69, 9.17) is 10.1 Å². The van der Waals surface area contributed by atoms with Crippen molar-refractivity contribution in [2.75, 3.05) is 11.9 Å². The first-order chi connectivity index (χ1) is 12.0. The quantitative estimate of drug-likeness (QED) is 0.832. The molecule has 2 N–H and O–H groups in total. The molecule has 0 fully saturated rings. The lowest BCUT2D eigenvalue weighted by Gasteiger charge is -2.27. The molecular formula is C19H28N4O2S. The minimum absolute atomic E-state index is 0.0134. The molecule has 26 heavy (non-hydrogen) atoms. The Morgan fingerprint density at radius 2 is 1.54 bits per heavy atom. The number of primary sulfonamides is 1.